The van der Waals surface area contributed by atoms with Gasteiger partial charge < -0.3 is 10.3 Å². The van der Waals surface area contributed by atoms with Gasteiger partial charge in [-0.1, -0.05) is 11.6 Å². The molecule has 8 nitrogen and oxygen atoms in total. The second-order valence-electron chi connectivity index (χ2n) is 8.71. The zero-order valence-corrected chi connectivity index (χ0v) is 18.7. The number of pyridine rings is 1. The van der Waals surface area contributed by atoms with Crippen molar-refractivity contribution in [3.05, 3.63) is 75.2 Å². The Labute approximate surface area is 198 Å². The maximum absolute atomic E-state index is 15.0. The van der Waals surface area contributed by atoms with Crippen LogP contribution in [0.1, 0.15) is 30.1 Å². The number of nitrogens with one attached hydrogen (secondary N) is 3. The predicted octanol–water partition coefficient (Wildman–Crippen LogP) is 3.81. The Bertz CT molecular complexity index is 1500. The van der Waals surface area contributed by atoms with Crippen LogP contribution >= 0.6 is 11.6 Å². The highest BCUT2D eigenvalue weighted by molar-refractivity contribution is 6.34. The van der Waals surface area contributed by atoms with E-state index in [-0.39, 0.29) is 29.6 Å². The second-order valence-corrected chi connectivity index (χ2v) is 9.12. The van der Waals surface area contributed by atoms with Crippen molar-refractivity contribution in [2.45, 2.75) is 31.3 Å². The van der Waals surface area contributed by atoms with Gasteiger partial charge in [0.25, 0.3) is 5.56 Å². The number of benzene rings is 1. The van der Waals surface area contributed by atoms with Crippen molar-refractivity contribution in [2.24, 2.45) is 0 Å². The fourth-order valence-corrected chi connectivity index (χ4v) is 5.17. The normalized spacial score (nSPS) is 20.6. The molecular weight excluding hydrogens is 459 g/mol. The van der Waals surface area contributed by atoms with Crippen LogP contribution in [0.25, 0.3) is 22.2 Å². The highest BCUT2D eigenvalue weighted by atomic mass is 35.5. The molecule has 4 aromatic rings. The lowest BCUT2D eigenvalue weighted by molar-refractivity contribution is -0.116. The molecule has 1 fully saturated rings. The van der Waals surface area contributed by atoms with Crippen molar-refractivity contribution >= 4 is 34.2 Å². The first-order valence-electron chi connectivity index (χ1n) is 11.0. The third-order valence-corrected chi connectivity index (χ3v) is 6.89. The Morgan fingerprint density at radius 3 is 3.03 bits per heavy atom. The van der Waals surface area contributed by atoms with Gasteiger partial charge in [0, 0.05) is 48.4 Å². The summed E-state index contributed by atoms with van der Waals surface area (Å²) >= 11 is 6.49. The molecule has 0 spiro atoms. The number of hydrogen-bond donors (Lipinski definition) is 3. The van der Waals surface area contributed by atoms with E-state index >= 15 is 0 Å². The molecule has 3 aromatic heterocycles. The minimum Gasteiger partial charge on any atom is -0.346 e. The Balaban J connectivity index is 1.18. The number of anilines is 1. The Morgan fingerprint density at radius 1 is 1.26 bits per heavy atom. The van der Waals surface area contributed by atoms with Gasteiger partial charge in [0.1, 0.15) is 11.5 Å². The average molecular weight is 479 g/mol. The molecule has 0 radical (unpaired) electrons. The molecule has 0 aliphatic carbocycles. The van der Waals surface area contributed by atoms with Gasteiger partial charge in [-0.25, -0.2) is 14.5 Å². The van der Waals surface area contributed by atoms with Crippen LogP contribution in [0.5, 0.6) is 0 Å². The minimum atomic E-state index is -0.568. The van der Waals surface area contributed by atoms with Crippen molar-refractivity contribution in [2.75, 3.05) is 11.9 Å². The van der Waals surface area contributed by atoms with Crippen LogP contribution in [0.4, 0.5) is 10.1 Å². The molecule has 3 unspecified atom stereocenters. The van der Waals surface area contributed by atoms with E-state index in [4.69, 9.17) is 11.6 Å². The summed E-state index contributed by atoms with van der Waals surface area (Å²) < 4.78 is 15.0. The number of fused-ring (bicyclic) bond motifs is 3. The summed E-state index contributed by atoms with van der Waals surface area (Å²) in [7, 11) is 0. The number of rotatable bonds is 5. The number of amides is 1. The van der Waals surface area contributed by atoms with Gasteiger partial charge >= 0.3 is 0 Å². The Hall–Kier alpha value is -3.56. The van der Waals surface area contributed by atoms with Gasteiger partial charge in [0.15, 0.2) is 0 Å². The van der Waals surface area contributed by atoms with E-state index in [2.05, 4.69) is 30.4 Å². The maximum atomic E-state index is 15.0. The zero-order valence-electron chi connectivity index (χ0n) is 17.9. The molecule has 3 N–H and O–H groups in total. The molecule has 3 atom stereocenters. The standard InChI is InChI=1S/C24H20ClFN6O2/c25-17-10-19(18(26)9-16(17)14-3-5-27-24-15(14)4-6-28-24)29-21(33)2-1-20-23-12(7-13-11-32(13)20)8-22(34)30-31-23/h3-6,8-10,13,20H,1-2,7,11H2,(H,27,28)(H,29,33)(H,30,34). The zero-order chi connectivity index (χ0) is 23.4. The molecule has 5 heterocycles. The number of H-pyrrole nitrogens is 2. The summed E-state index contributed by atoms with van der Waals surface area (Å²) in [4.78, 5) is 33.8. The number of aromatic amines is 2. The monoisotopic (exact) mass is 478 g/mol. The molecule has 2 aliphatic rings. The molecule has 0 bridgehead atoms. The first-order chi connectivity index (χ1) is 16.5. The van der Waals surface area contributed by atoms with E-state index in [1.165, 1.54) is 12.1 Å². The van der Waals surface area contributed by atoms with Crippen molar-refractivity contribution in [1.82, 2.24) is 25.1 Å². The van der Waals surface area contributed by atoms with Gasteiger partial charge in [-0.3, -0.25) is 14.5 Å². The number of halogens is 2. The van der Waals surface area contributed by atoms with Crippen LogP contribution in [0.2, 0.25) is 5.02 Å². The van der Waals surface area contributed by atoms with Crippen molar-refractivity contribution in [3.8, 4) is 11.1 Å². The van der Waals surface area contributed by atoms with E-state index in [9.17, 15) is 14.0 Å². The lowest BCUT2D eigenvalue weighted by Crippen LogP contribution is -2.26. The summed E-state index contributed by atoms with van der Waals surface area (Å²) in [5.74, 6) is -0.879. The molecule has 1 saturated heterocycles. The fourth-order valence-electron chi connectivity index (χ4n) is 4.90. The number of carbonyl (C=O) groups is 1. The van der Waals surface area contributed by atoms with Crippen LogP contribution in [0.3, 0.4) is 0 Å². The van der Waals surface area contributed by atoms with Gasteiger partial charge in [-0.15, -0.1) is 0 Å². The number of carbonyl (C=O) groups excluding carboxylic acids is 1. The third-order valence-electron chi connectivity index (χ3n) is 6.58. The topological polar surface area (TPSA) is 107 Å². The van der Waals surface area contributed by atoms with E-state index in [1.54, 1.807) is 24.5 Å². The predicted molar refractivity (Wildman–Crippen MR) is 126 cm³/mol. The van der Waals surface area contributed by atoms with E-state index in [1.807, 2.05) is 6.07 Å². The molecule has 1 aromatic carbocycles. The summed E-state index contributed by atoms with van der Waals surface area (Å²) in [6, 6.07) is 8.35. The lowest BCUT2D eigenvalue weighted by Gasteiger charge is -2.24. The maximum Gasteiger partial charge on any atom is 0.264 e. The minimum absolute atomic E-state index is 0.0363. The first-order valence-corrected chi connectivity index (χ1v) is 11.4. The van der Waals surface area contributed by atoms with Crippen LogP contribution in [-0.4, -0.2) is 43.6 Å². The number of hydrogen-bond acceptors (Lipinski definition) is 5. The molecule has 0 saturated carbocycles. The van der Waals surface area contributed by atoms with E-state index in [0.717, 1.165) is 35.2 Å². The van der Waals surface area contributed by atoms with Crippen LogP contribution in [0, 0.1) is 5.82 Å². The Kier molecular flexibility index (Phi) is 4.96. The molecule has 10 heteroatoms. The smallest absolute Gasteiger partial charge is 0.264 e. The average Bonchev–Trinajstić information content (AvgIpc) is 3.41. The molecule has 172 valence electrons. The van der Waals surface area contributed by atoms with Crippen molar-refractivity contribution in [3.63, 3.8) is 0 Å². The van der Waals surface area contributed by atoms with Crippen LogP contribution in [0.15, 0.2) is 47.5 Å². The van der Waals surface area contributed by atoms with Gasteiger partial charge in [-0.05, 0) is 48.2 Å². The summed E-state index contributed by atoms with van der Waals surface area (Å²) in [6.07, 6.45) is 4.90. The van der Waals surface area contributed by atoms with Gasteiger partial charge in [0.2, 0.25) is 5.91 Å². The van der Waals surface area contributed by atoms with Crippen molar-refractivity contribution < 1.29 is 9.18 Å². The molecule has 6 rings (SSSR count). The fraction of sp³-hybridized carbons (Fsp3) is 0.250. The summed E-state index contributed by atoms with van der Waals surface area (Å²) in [5.41, 5.74) is 3.53. The van der Waals surface area contributed by atoms with Crippen LogP contribution in [-0.2, 0) is 11.2 Å². The van der Waals surface area contributed by atoms with E-state index < -0.39 is 5.82 Å². The number of aromatic nitrogens is 4. The van der Waals surface area contributed by atoms with Crippen molar-refractivity contribution in [1.29, 1.82) is 0 Å². The SMILES string of the molecule is O=C(CCC1c2n[nH]c(=O)cc2CC2CN21)Nc1cc(Cl)c(-c2ccnc3[nH]ccc23)cc1F. The highest BCUT2D eigenvalue weighted by Crippen LogP contribution is 2.42. The van der Waals surface area contributed by atoms with Crippen LogP contribution < -0.4 is 10.9 Å². The molecular formula is C24H20ClFN6O2. The lowest BCUT2D eigenvalue weighted by atomic mass is 9.97. The van der Waals surface area contributed by atoms with Gasteiger partial charge in [0.05, 0.1) is 22.4 Å². The molecule has 2 aliphatic heterocycles. The Morgan fingerprint density at radius 2 is 2.15 bits per heavy atom. The largest absolute Gasteiger partial charge is 0.346 e. The number of nitrogens with zero attached hydrogens (tertiary/aromatic N) is 3. The van der Waals surface area contributed by atoms with E-state index in [0.29, 0.717) is 28.7 Å². The summed E-state index contributed by atoms with van der Waals surface area (Å²) in [5, 5.41) is 10.5. The highest BCUT2D eigenvalue weighted by Gasteiger charge is 2.45. The second kappa shape index (κ2) is 8.03. The molecule has 1 amide bonds. The first kappa shape index (κ1) is 21.0. The molecule has 34 heavy (non-hydrogen) atoms. The van der Waals surface area contributed by atoms with Gasteiger partial charge in [-0.2, -0.15) is 5.10 Å². The summed E-state index contributed by atoms with van der Waals surface area (Å²) in [6.45, 7) is 0.923. The third kappa shape index (κ3) is 3.66. The quantitative estimate of drug-likeness (QED) is 0.378.